The Morgan fingerprint density at radius 1 is 1.26 bits per heavy atom. The van der Waals surface area contributed by atoms with Crippen LogP contribution in [0.3, 0.4) is 0 Å². The van der Waals surface area contributed by atoms with Crippen molar-refractivity contribution < 1.29 is 18.3 Å². The zero-order chi connectivity index (χ0) is 14.6. The van der Waals surface area contributed by atoms with Crippen molar-refractivity contribution in [1.82, 2.24) is 4.72 Å². The Morgan fingerprint density at radius 2 is 1.84 bits per heavy atom. The molecule has 0 aliphatic rings. The van der Waals surface area contributed by atoms with Crippen molar-refractivity contribution in [3.05, 3.63) is 24.3 Å². The van der Waals surface area contributed by atoms with Crippen molar-refractivity contribution in [1.29, 1.82) is 0 Å². The van der Waals surface area contributed by atoms with E-state index in [0.29, 0.717) is 5.69 Å². The zero-order valence-corrected chi connectivity index (χ0v) is 11.9. The van der Waals surface area contributed by atoms with E-state index in [-0.39, 0.29) is 4.90 Å². The van der Waals surface area contributed by atoms with E-state index >= 15 is 0 Å². The van der Waals surface area contributed by atoms with E-state index in [9.17, 15) is 13.2 Å². The Labute approximate surface area is 112 Å². The summed E-state index contributed by atoms with van der Waals surface area (Å²) in [6, 6.07) is 5.98. The summed E-state index contributed by atoms with van der Waals surface area (Å²) < 4.78 is 25.9. The molecule has 0 spiro atoms. The van der Waals surface area contributed by atoms with Crippen LogP contribution in [0.2, 0.25) is 0 Å². The van der Waals surface area contributed by atoms with Gasteiger partial charge in [0, 0.05) is 6.04 Å². The lowest BCUT2D eigenvalue weighted by Crippen LogP contribution is -2.31. The first-order valence-corrected chi connectivity index (χ1v) is 7.30. The van der Waals surface area contributed by atoms with Gasteiger partial charge in [-0.05, 0) is 33.0 Å². The van der Waals surface area contributed by atoms with E-state index in [1.165, 1.54) is 13.1 Å². The summed E-state index contributed by atoms with van der Waals surface area (Å²) in [5.41, 5.74) is 0.387. The van der Waals surface area contributed by atoms with Gasteiger partial charge in [0.15, 0.2) is 0 Å². The van der Waals surface area contributed by atoms with Crippen LogP contribution in [-0.2, 0) is 14.8 Å². The molecular formula is C12H18N2O4S. The molecule has 19 heavy (non-hydrogen) atoms. The van der Waals surface area contributed by atoms with E-state index in [4.69, 9.17) is 5.11 Å². The van der Waals surface area contributed by atoms with Crippen molar-refractivity contribution in [3.8, 4) is 0 Å². The third kappa shape index (κ3) is 3.68. The molecule has 0 heterocycles. The molecule has 1 aromatic rings. The second kappa shape index (κ2) is 6.03. The lowest BCUT2D eigenvalue weighted by Gasteiger charge is -2.20. The van der Waals surface area contributed by atoms with Gasteiger partial charge in [0.1, 0.15) is 4.90 Å². The van der Waals surface area contributed by atoms with Crippen LogP contribution in [0.25, 0.3) is 0 Å². The number of sulfonamides is 1. The normalized spacial score (nSPS) is 14.7. The molecule has 7 heteroatoms. The first-order valence-electron chi connectivity index (χ1n) is 5.81. The standard InChI is InChI=1S/C12H18N2O4S/c1-8(12(15)16)9(2)14-10-6-4-5-7-11(10)19(17,18)13-3/h4-9,13-14H,1-3H3,(H,15,16). The molecule has 0 aliphatic carbocycles. The number of rotatable bonds is 6. The Bertz CT molecular complexity index is 557. The minimum Gasteiger partial charge on any atom is -0.481 e. The molecule has 0 saturated carbocycles. The van der Waals surface area contributed by atoms with Gasteiger partial charge in [0.2, 0.25) is 10.0 Å². The molecule has 0 aliphatic heterocycles. The van der Waals surface area contributed by atoms with E-state index in [0.717, 1.165) is 0 Å². The van der Waals surface area contributed by atoms with E-state index in [1.54, 1.807) is 32.0 Å². The van der Waals surface area contributed by atoms with Gasteiger partial charge in [-0.15, -0.1) is 0 Å². The van der Waals surface area contributed by atoms with Crippen molar-refractivity contribution >= 4 is 21.7 Å². The highest BCUT2D eigenvalue weighted by Gasteiger charge is 2.22. The van der Waals surface area contributed by atoms with Crippen molar-refractivity contribution in [2.75, 3.05) is 12.4 Å². The third-order valence-electron chi connectivity index (χ3n) is 2.97. The summed E-state index contributed by atoms with van der Waals surface area (Å²) in [4.78, 5) is 11.0. The van der Waals surface area contributed by atoms with Gasteiger partial charge < -0.3 is 10.4 Å². The fourth-order valence-corrected chi connectivity index (χ4v) is 2.41. The second-order valence-corrected chi connectivity index (χ2v) is 6.12. The number of anilines is 1. The highest BCUT2D eigenvalue weighted by atomic mass is 32.2. The van der Waals surface area contributed by atoms with Crippen LogP contribution in [0.15, 0.2) is 29.2 Å². The number of para-hydroxylation sites is 1. The number of benzene rings is 1. The van der Waals surface area contributed by atoms with Gasteiger partial charge in [0.05, 0.1) is 11.6 Å². The number of carbonyl (C=O) groups is 1. The number of hydrogen-bond acceptors (Lipinski definition) is 4. The molecule has 0 aromatic heterocycles. The van der Waals surface area contributed by atoms with Crippen LogP contribution in [0.5, 0.6) is 0 Å². The van der Waals surface area contributed by atoms with Gasteiger partial charge in [-0.1, -0.05) is 12.1 Å². The van der Waals surface area contributed by atoms with Crippen LogP contribution < -0.4 is 10.0 Å². The maximum absolute atomic E-state index is 11.8. The molecule has 0 radical (unpaired) electrons. The largest absolute Gasteiger partial charge is 0.481 e. The summed E-state index contributed by atoms with van der Waals surface area (Å²) in [7, 11) is -2.25. The predicted octanol–water partition coefficient (Wildman–Crippen LogP) is 1.12. The molecule has 2 atom stereocenters. The molecule has 0 saturated heterocycles. The van der Waals surface area contributed by atoms with Gasteiger partial charge in [-0.2, -0.15) is 0 Å². The SMILES string of the molecule is CNS(=O)(=O)c1ccccc1NC(C)C(C)C(=O)O. The van der Waals surface area contributed by atoms with Gasteiger partial charge in [-0.25, -0.2) is 13.1 Å². The van der Waals surface area contributed by atoms with Crippen molar-refractivity contribution in [3.63, 3.8) is 0 Å². The van der Waals surface area contributed by atoms with Crippen molar-refractivity contribution in [2.45, 2.75) is 24.8 Å². The fourth-order valence-electron chi connectivity index (χ4n) is 1.51. The summed E-state index contributed by atoms with van der Waals surface area (Å²) in [5.74, 6) is -1.57. The molecule has 0 fully saturated rings. The summed E-state index contributed by atoms with van der Waals surface area (Å²) in [6.45, 7) is 3.26. The number of hydrogen-bond donors (Lipinski definition) is 3. The summed E-state index contributed by atoms with van der Waals surface area (Å²) >= 11 is 0. The maximum atomic E-state index is 11.8. The quantitative estimate of drug-likeness (QED) is 0.728. The summed E-state index contributed by atoms with van der Waals surface area (Å²) in [6.07, 6.45) is 0. The van der Waals surface area contributed by atoms with Crippen LogP contribution in [0.4, 0.5) is 5.69 Å². The first-order chi connectivity index (χ1) is 8.79. The number of nitrogens with one attached hydrogen (secondary N) is 2. The van der Waals surface area contributed by atoms with Crippen molar-refractivity contribution in [2.24, 2.45) is 5.92 Å². The number of carboxylic acid groups (broad SMARTS) is 1. The minimum atomic E-state index is -3.58. The molecule has 0 amide bonds. The topological polar surface area (TPSA) is 95.5 Å². The second-order valence-electron chi connectivity index (χ2n) is 4.26. The monoisotopic (exact) mass is 286 g/mol. The van der Waals surface area contributed by atoms with E-state index in [2.05, 4.69) is 10.0 Å². The smallest absolute Gasteiger partial charge is 0.308 e. The minimum absolute atomic E-state index is 0.0990. The van der Waals surface area contributed by atoms with Crippen LogP contribution in [-0.4, -0.2) is 32.6 Å². The molecule has 1 aromatic carbocycles. The van der Waals surface area contributed by atoms with Gasteiger partial charge in [0.25, 0.3) is 0 Å². The number of aliphatic carboxylic acids is 1. The molecule has 2 unspecified atom stereocenters. The predicted molar refractivity (Wildman–Crippen MR) is 72.6 cm³/mol. The zero-order valence-electron chi connectivity index (χ0n) is 11.0. The summed E-state index contributed by atoms with van der Waals surface area (Å²) in [5, 5.41) is 11.9. The first kappa shape index (κ1) is 15.5. The van der Waals surface area contributed by atoms with E-state index < -0.39 is 28.0 Å². The molecular weight excluding hydrogens is 268 g/mol. The van der Waals surface area contributed by atoms with Crippen LogP contribution >= 0.6 is 0 Å². The molecule has 106 valence electrons. The third-order valence-corrected chi connectivity index (χ3v) is 4.44. The maximum Gasteiger partial charge on any atom is 0.308 e. The molecule has 6 nitrogen and oxygen atoms in total. The average Bonchev–Trinajstić information content (AvgIpc) is 2.38. The van der Waals surface area contributed by atoms with Gasteiger partial charge >= 0.3 is 5.97 Å². The van der Waals surface area contributed by atoms with E-state index in [1.807, 2.05) is 0 Å². The lowest BCUT2D eigenvalue weighted by atomic mass is 10.0. The van der Waals surface area contributed by atoms with Crippen LogP contribution in [0.1, 0.15) is 13.8 Å². The molecule has 1 rings (SSSR count). The highest BCUT2D eigenvalue weighted by molar-refractivity contribution is 7.89. The fraction of sp³-hybridized carbons (Fsp3) is 0.417. The van der Waals surface area contributed by atoms with Gasteiger partial charge in [-0.3, -0.25) is 4.79 Å². The Hall–Kier alpha value is -1.60. The lowest BCUT2D eigenvalue weighted by molar-refractivity contribution is -0.141. The molecule has 0 bridgehead atoms. The number of carboxylic acids is 1. The Kier molecular flexibility index (Phi) is 4.90. The van der Waals surface area contributed by atoms with Crippen LogP contribution in [0, 0.1) is 5.92 Å². The Morgan fingerprint density at radius 3 is 2.37 bits per heavy atom. The Balaban J connectivity index is 3.06. The highest BCUT2D eigenvalue weighted by Crippen LogP contribution is 2.22. The molecule has 3 N–H and O–H groups in total. The average molecular weight is 286 g/mol.